The second-order valence-electron chi connectivity index (χ2n) is 6.09. The third-order valence-corrected chi connectivity index (χ3v) is 7.18. The van der Waals surface area contributed by atoms with Crippen molar-refractivity contribution in [3.8, 4) is 11.5 Å². The highest BCUT2D eigenvalue weighted by Gasteiger charge is 2.51. The average molecular weight is 494 g/mol. The van der Waals surface area contributed by atoms with E-state index in [0.717, 1.165) is 6.07 Å². The molecule has 3 N–H and O–H groups in total. The molecule has 3 rings (SSSR count). The molecule has 0 saturated carbocycles. The molecule has 3 aromatic carbocycles. The maximum absolute atomic E-state index is 13.0. The summed E-state index contributed by atoms with van der Waals surface area (Å²) in [6, 6.07) is 11.5. The number of phenols is 2. The molecule has 1 atom stereocenters. The zero-order valence-corrected chi connectivity index (χ0v) is 18.1. The second kappa shape index (κ2) is 7.87. The van der Waals surface area contributed by atoms with E-state index >= 15 is 0 Å². The highest BCUT2D eigenvalue weighted by atomic mass is 35.5. The van der Waals surface area contributed by atoms with E-state index in [1.807, 2.05) is 0 Å². The third-order valence-electron chi connectivity index (χ3n) is 4.40. The van der Waals surface area contributed by atoms with Crippen LogP contribution in [0, 0.1) is 0 Å². The predicted octanol–water partition coefficient (Wildman–Crippen LogP) is 5.89. The summed E-state index contributed by atoms with van der Waals surface area (Å²) < 4.78 is 33.9. The summed E-state index contributed by atoms with van der Waals surface area (Å²) in [5.41, 5.74) is -0.601. The van der Waals surface area contributed by atoms with Crippen molar-refractivity contribution in [3.63, 3.8) is 0 Å². The number of hydrogen-bond donors (Lipinski definition) is 3. The van der Waals surface area contributed by atoms with Crippen molar-refractivity contribution >= 4 is 56.5 Å². The Bertz CT molecular complexity index is 1210. The minimum absolute atomic E-state index is 0.0380. The van der Waals surface area contributed by atoms with E-state index in [1.165, 1.54) is 48.5 Å². The monoisotopic (exact) mass is 492 g/mol. The van der Waals surface area contributed by atoms with Crippen molar-refractivity contribution in [3.05, 3.63) is 91.4 Å². The van der Waals surface area contributed by atoms with Crippen LogP contribution in [0.5, 0.6) is 11.5 Å². The largest absolute Gasteiger partial charge is 0.508 e. The van der Waals surface area contributed by atoms with Gasteiger partial charge >= 0.3 is 0 Å². The molecule has 0 aliphatic heterocycles. The number of benzene rings is 3. The topological polar surface area (TPSA) is 94.8 Å². The molecule has 29 heavy (non-hydrogen) atoms. The molecule has 0 aliphatic rings. The van der Waals surface area contributed by atoms with Crippen LogP contribution < -0.4 is 0 Å². The lowest BCUT2D eigenvalue weighted by Crippen LogP contribution is -2.38. The molecular formula is C19H12Cl4O5S. The van der Waals surface area contributed by atoms with Crippen LogP contribution in [0.4, 0.5) is 0 Å². The van der Waals surface area contributed by atoms with Crippen LogP contribution in [0.25, 0.3) is 0 Å². The molecule has 0 aromatic heterocycles. The Kier molecular flexibility index (Phi) is 5.98. The molecule has 0 spiro atoms. The first-order valence-corrected chi connectivity index (χ1v) is 10.8. The Morgan fingerprint density at radius 2 is 1.41 bits per heavy atom. The van der Waals surface area contributed by atoms with Gasteiger partial charge in [-0.3, -0.25) is 4.55 Å². The van der Waals surface area contributed by atoms with Gasteiger partial charge in [-0.1, -0.05) is 70.7 Å². The van der Waals surface area contributed by atoms with Gasteiger partial charge in [0.1, 0.15) is 11.5 Å². The van der Waals surface area contributed by atoms with Crippen LogP contribution in [-0.2, 0) is 14.9 Å². The molecule has 10 heteroatoms. The van der Waals surface area contributed by atoms with Crippen molar-refractivity contribution in [1.82, 2.24) is 0 Å². The SMILES string of the molecule is O=S(=O)(O)C(c1ccc(Cl)c(O)c1)(c1ccccc1O)c1cc(Cl)cc(Cl)c1Cl. The third kappa shape index (κ3) is 3.65. The molecule has 5 nitrogen and oxygen atoms in total. The van der Waals surface area contributed by atoms with Gasteiger partial charge in [-0.2, -0.15) is 8.42 Å². The normalized spacial score (nSPS) is 13.8. The zero-order chi connectivity index (χ0) is 21.6. The number of para-hydroxylation sites is 1. The quantitative estimate of drug-likeness (QED) is 0.239. The van der Waals surface area contributed by atoms with Crippen LogP contribution in [-0.4, -0.2) is 23.2 Å². The van der Waals surface area contributed by atoms with Gasteiger partial charge in [0.25, 0.3) is 10.1 Å². The number of halogens is 4. The lowest BCUT2D eigenvalue weighted by molar-refractivity contribution is 0.439. The number of aromatic hydroxyl groups is 2. The van der Waals surface area contributed by atoms with Crippen LogP contribution in [0.15, 0.2) is 54.6 Å². The van der Waals surface area contributed by atoms with E-state index < -0.39 is 26.4 Å². The fraction of sp³-hybridized carbons (Fsp3) is 0.0526. The standard InChI is InChI=1S/C19H12Cl4O5S/c20-11-8-13(18(23)15(22)9-11)19(29(26,27)28,12-3-1-2-4-16(12)24)10-5-6-14(21)17(25)7-10/h1-9,24-25H,(H,26,27,28). The molecule has 3 aromatic rings. The van der Waals surface area contributed by atoms with Gasteiger partial charge in [0.05, 0.1) is 15.1 Å². The highest BCUT2D eigenvalue weighted by molar-refractivity contribution is 7.87. The van der Waals surface area contributed by atoms with Gasteiger partial charge in [-0.05, 0) is 35.9 Å². The Morgan fingerprint density at radius 3 is 2.00 bits per heavy atom. The van der Waals surface area contributed by atoms with Gasteiger partial charge in [0.15, 0.2) is 4.75 Å². The summed E-state index contributed by atoms with van der Waals surface area (Å²) in [5, 5.41) is 20.3. The van der Waals surface area contributed by atoms with Gasteiger partial charge < -0.3 is 10.2 Å². The summed E-state index contributed by atoms with van der Waals surface area (Å²) in [7, 11) is -5.11. The molecule has 0 aliphatic carbocycles. The van der Waals surface area contributed by atoms with E-state index in [-0.39, 0.29) is 36.8 Å². The lowest BCUT2D eigenvalue weighted by Gasteiger charge is -2.34. The summed E-state index contributed by atoms with van der Waals surface area (Å²) in [6.45, 7) is 0. The Morgan fingerprint density at radius 1 is 0.759 bits per heavy atom. The number of phenolic OH excluding ortho intramolecular Hbond substituents is 2. The van der Waals surface area contributed by atoms with Crippen LogP contribution >= 0.6 is 46.4 Å². The average Bonchev–Trinajstić information content (AvgIpc) is 2.62. The maximum Gasteiger partial charge on any atom is 0.283 e. The van der Waals surface area contributed by atoms with Crippen molar-refractivity contribution < 1.29 is 23.2 Å². The first-order valence-electron chi connectivity index (χ1n) is 7.89. The minimum Gasteiger partial charge on any atom is -0.508 e. The molecular weight excluding hydrogens is 482 g/mol. The van der Waals surface area contributed by atoms with E-state index in [2.05, 4.69) is 0 Å². The first kappa shape index (κ1) is 22.0. The van der Waals surface area contributed by atoms with Crippen molar-refractivity contribution in [2.45, 2.75) is 4.75 Å². The molecule has 0 bridgehead atoms. The second-order valence-corrected chi connectivity index (χ2v) is 9.28. The first-order chi connectivity index (χ1) is 13.5. The van der Waals surface area contributed by atoms with Crippen molar-refractivity contribution in [2.24, 2.45) is 0 Å². The van der Waals surface area contributed by atoms with Gasteiger partial charge in [0.2, 0.25) is 0 Å². The van der Waals surface area contributed by atoms with Crippen molar-refractivity contribution in [2.75, 3.05) is 0 Å². The molecule has 1 unspecified atom stereocenters. The predicted molar refractivity (Wildman–Crippen MR) is 114 cm³/mol. The van der Waals surface area contributed by atoms with E-state index in [9.17, 15) is 23.2 Å². The summed E-state index contributed by atoms with van der Waals surface area (Å²) in [6.07, 6.45) is 0. The molecule has 152 valence electrons. The molecule has 0 heterocycles. The van der Waals surface area contributed by atoms with Crippen LogP contribution in [0.1, 0.15) is 16.7 Å². The summed E-state index contributed by atoms with van der Waals surface area (Å²) in [4.78, 5) is 0. The highest BCUT2D eigenvalue weighted by Crippen LogP contribution is 2.51. The Labute approximate surface area is 186 Å². The minimum atomic E-state index is -5.11. The Balaban J connectivity index is 2.63. The summed E-state index contributed by atoms with van der Waals surface area (Å²) >= 11 is 24.4. The van der Waals surface area contributed by atoms with Gasteiger partial charge in [0, 0.05) is 16.1 Å². The van der Waals surface area contributed by atoms with E-state index in [4.69, 9.17) is 46.4 Å². The van der Waals surface area contributed by atoms with E-state index in [1.54, 1.807) is 0 Å². The van der Waals surface area contributed by atoms with E-state index in [0.29, 0.717) is 0 Å². The lowest BCUT2D eigenvalue weighted by atomic mass is 9.83. The molecule has 0 radical (unpaired) electrons. The molecule has 0 fully saturated rings. The Hall–Kier alpha value is -1.67. The fourth-order valence-electron chi connectivity index (χ4n) is 3.20. The molecule has 0 amide bonds. The fourth-order valence-corrected chi connectivity index (χ4v) is 5.43. The summed E-state index contributed by atoms with van der Waals surface area (Å²) in [5.74, 6) is -0.899. The van der Waals surface area contributed by atoms with Crippen LogP contribution in [0.3, 0.4) is 0 Å². The van der Waals surface area contributed by atoms with Crippen molar-refractivity contribution in [1.29, 1.82) is 0 Å². The van der Waals surface area contributed by atoms with Gasteiger partial charge in [-0.15, -0.1) is 0 Å². The van der Waals surface area contributed by atoms with Gasteiger partial charge in [-0.25, -0.2) is 0 Å². The smallest absolute Gasteiger partial charge is 0.283 e. The number of hydrogen-bond acceptors (Lipinski definition) is 4. The zero-order valence-electron chi connectivity index (χ0n) is 14.3. The van der Waals surface area contributed by atoms with Crippen LogP contribution in [0.2, 0.25) is 20.1 Å². The maximum atomic E-state index is 13.0. The number of rotatable bonds is 4. The molecule has 0 saturated heterocycles.